The molecule has 2 aromatic rings. The minimum Gasteiger partial charge on any atom is -0.507 e. The van der Waals surface area contributed by atoms with Crippen LogP contribution in [0, 0.1) is 3.57 Å². The highest BCUT2D eigenvalue weighted by molar-refractivity contribution is 14.1. The molecule has 0 aliphatic carbocycles. The summed E-state index contributed by atoms with van der Waals surface area (Å²) in [6.07, 6.45) is 2.02. The number of nitrogens with one attached hydrogen (secondary N) is 7. The first-order valence-electron chi connectivity index (χ1n) is 30.1. The molecule has 0 saturated carbocycles. The standard InChI is InChI=1S/C59H86IN11O21/c60-40-31-39(17-19-46(40)72)33-44(63-49(75)34-68-23-25-69(35-51(78)79)27-29-71(37-53(82)83)30-28-70(26-24-68)36-52(80)81)54(84)65-45(32-38-11-4-3-5-12-38)55(85)64-41(56(86)87)13-8-9-21-61-47(73)15-6-1-2-7-16-48(74)62-22-10-14-42(57(88)89)66-59(92)67-43(58(90)91)18-20-50(76)77/h3-5,11-12,17,19,31,41-45,72H,1-2,6-10,13-16,18,20-30,32-37H2,(H,61,73)(H,62,74)(H,63,75)(H,64,85)(H,65,84)(H,76,77)(H,78,79)(H,80,81)(H,82,83)(H,86,87)(H,88,89)(H,90,91)(H2,66,67,92)/t41-,42-,43+,44+,45+/m0/s1. The number of hydrogen-bond acceptors (Lipinski definition) is 18. The highest BCUT2D eigenvalue weighted by atomic mass is 127. The fourth-order valence-electron chi connectivity index (χ4n) is 9.69. The summed E-state index contributed by atoms with van der Waals surface area (Å²) in [6.45, 7) is -0.161. The van der Waals surface area contributed by atoms with Crippen LogP contribution in [0.15, 0.2) is 48.5 Å². The van der Waals surface area contributed by atoms with Crippen LogP contribution in [0.4, 0.5) is 4.79 Å². The van der Waals surface area contributed by atoms with E-state index in [-0.39, 0.29) is 147 Å². The lowest BCUT2D eigenvalue weighted by Gasteiger charge is -2.33. The van der Waals surface area contributed by atoms with Gasteiger partial charge >= 0.3 is 47.8 Å². The molecule has 1 saturated heterocycles. The molecule has 0 spiro atoms. The molecule has 0 unspecified atom stereocenters. The Bertz CT molecular complexity index is 2770. The molecule has 5 atom stereocenters. The molecule has 92 heavy (non-hydrogen) atoms. The van der Waals surface area contributed by atoms with E-state index in [9.17, 15) is 98.1 Å². The van der Waals surface area contributed by atoms with Gasteiger partial charge in [-0.15, -0.1) is 0 Å². The summed E-state index contributed by atoms with van der Waals surface area (Å²) in [6, 6.07) is 4.90. The Kier molecular flexibility index (Phi) is 36.2. The summed E-state index contributed by atoms with van der Waals surface area (Å²) in [4.78, 5) is 168. The van der Waals surface area contributed by atoms with E-state index in [2.05, 4.69) is 31.9 Å². The quantitative estimate of drug-likeness (QED) is 0.0292. The third-order valence-electron chi connectivity index (χ3n) is 14.7. The fraction of sp³-hybridized carbons (Fsp3) is 0.576. The molecule has 2 aromatic carbocycles. The summed E-state index contributed by atoms with van der Waals surface area (Å²) in [5.41, 5.74) is 1.11. The number of urea groups is 1. The number of carboxylic acid groups (broad SMARTS) is 7. The third kappa shape index (κ3) is 33.7. The van der Waals surface area contributed by atoms with E-state index in [1.165, 1.54) is 6.07 Å². The second kappa shape index (κ2) is 42.7. The third-order valence-corrected chi connectivity index (χ3v) is 15.5. The second-order valence-electron chi connectivity index (χ2n) is 22.1. The molecule has 1 heterocycles. The fourth-order valence-corrected chi connectivity index (χ4v) is 10.3. The number of rotatable bonds is 41. The Balaban J connectivity index is 1.56. The number of carbonyl (C=O) groups excluding carboxylic acids is 6. The predicted molar refractivity (Wildman–Crippen MR) is 335 cm³/mol. The van der Waals surface area contributed by atoms with Crippen LogP contribution in [0.2, 0.25) is 0 Å². The Morgan fingerprint density at radius 1 is 0.402 bits per heavy atom. The van der Waals surface area contributed by atoms with Crippen molar-refractivity contribution in [2.24, 2.45) is 0 Å². The zero-order valence-electron chi connectivity index (χ0n) is 51.1. The Labute approximate surface area is 544 Å². The Morgan fingerprint density at radius 3 is 1.27 bits per heavy atom. The van der Waals surface area contributed by atoms with Gasteiger partial charge in [-0.25, -0.2) is 19.2 Å². The summed E-state index contributed by atoms with van der Waals surface area (Å²) in [7, 11) is 0. The average Bonchev–Trinajstić information content (AvgIpc) is 0.952. The second-order valence-corrected chi connectivity index (χ2v) is 23.3. The number of amides is 7. The maximum absolute atomic E-state index is 14.5. The number of nitrogens with zero attached hydrogens (tertiary/aromatic N) is 4. The van der Waals surface area contributed by atoms with E-state index in [1.54, 1.807) is 62.1 Å². The van der Waals surface area contributed by atoms with Gasteiger partial charge in [-0.2, -0.15) is 0 Å². The van der Waals surface area contributed by atoms with Crippen LogP contribution in [0.25, 0.3) is 0 Å². The summed E-state index contributed by atoms with van der Waals surface area (Å²) < 4.78 is 0.436. The predicted octanol–water partition coefficient (Wildman–Crippen LogP) is -0.610. The Hall–Kier alpha value is -8.28. The van der Waals surface area contributed by atoms with Crippen LogP contribution < -0.4 is 37.2 Å². The Morgan fingerprint density at radius 2 is 0.815 bits per heavy atom. The van der Waals surface area contributed by atoms with Gasteiger partial charge in [-0.3, -0.25) is 62.8 Å². The van der Waals surface area contributed by atoms with Crippen molar-refractivity contribution in [2.75, 3.05) is 91.6 Å². The maximum Gasteiger partial charge on any atom is 0.326 e. The zero-order chi connectivity index (χ0) is 68.1. The van der Waals surface area contributed by atoms with Crippen molar-refractivity contribution in [2.45, 2.75) is 127 Å². The van der Waals surface area contributed by atoms with E-state index >= 15 is 0 Å². The highest BCUT2D eigenvalue weighted by Crippen LogP contribution is 2.21. The van der Waals surface area contributed by atoms with Crippen LogP contribution in [-0.4, -0.2) is 260 Å². The number of benzene rings is 2. The van der Waals surface area contributed by atoms with Crippen molar-refractivity contribution in [1.82, 2.24) is 56.8 Å². The van der Waals surface area contributed by atoms with Gasteiger partial charge in [0.15, 0.2) is 0 Å². The van der Waals surface area contributed by atoms with Crippen LogP contribution >= 0.6 is 22.6 Å². The van der Waals surface area contributed by atoms with Gasteiger partial charge in [0.1, 0.15) is 36.0 Å². The minimum atomic E-state index is -1.55. The first kappa shape index (κ1) is 78.0. The summed E-state index contributed by atoms with van der Waals surface area (Å²) in [5, 5.41) is 94.5. The number of halogens is 1. The van der Waals surface area contributed by atoms with Gasteiger partial charge < -0.3 is 78.1 Å². The molecule has 510 valence electrons. The molecule has 32 nitrogen and oxygen atoms in total. The maximum atomic E-state index is 14.5. The van der Waals surface area contributed by atoms with Crippen molar-refractivity contribution >= 4 is 99.9 Å². The lowest BCUT2D eigenvalue weighted by atomic mass is 10.0. The SMILES string of the molecule is O=C(O)CC[C@@H](NC(=O)N[C@@H](CCCNC(=O)CCCCCCC(=O)NCCCC[C@H](NC(=O)[C@@H](Cc1ccccc1)NC(=O)[C@@H](Cc1ccc(O)c(I)c1)NC(=O)CN1CCN(CC(=O)O)CCN(CC(=O)O)CCN(CC(=O)O)CC1)C(=O)O)C(=O)O)C(=O)O. The van der Waals surface area contributed by atoms with Crippen LogP contribution in [0.5, 0.6) is 5.75 Å². The average molecular weight is 1410 g/mol. The monoisotopic (exact) mass is 1410 g/mol. The van der Waals surface area contributed by atoms with Crippen molar-refractivity contribution in [1.29, 1.82) is 0 Å². The van der Waals surface area contributed by atoms with Crippen molar-refractivity contribution in [3.63, 3.8) is 0 Å². The number of aliphatic carboxylic acids is 7. The molecular weight excluding hydrogens is 1330 g/mol. The van der Waals surface area contributed by atoms with Crippen LogP contribution in [0.1, 0.15) is 94.6 Å². The first-order valence-corrected chi connectivity index (χ1v) is 31.2. The van der Waals surface area contributed by atoms with Gasteiger partial charge in [0.2, 0.25) is 29.5 Å². The molecule has 0 radical (unpaired) electrons. The van der Waals surface area contributed by atoms with Crippen LogP contribution in [-0.2, 0) is 70.4 Å². The molecule has 33 heteroatoms. The van der Waals surface area contributed by atoms with E-state index in [0.29, 0.717) is 46.8 Å². The minimum absolute atomic E-state index is 0.0384. The van der Waals surface area contributed by atoms with Crippen molar-refractivity contribution in [3.05, 3.63) is 63.2 Å². The summed E-state index contributed by atoms with van der Waals surface area (Å²) in [5.74, 6) is -11.8. The van der Waals surface area contributed by atoms with E-state index in [1.807, 2.05) is 27.9 Å². The first-order chi connectivity index (χ1) is 43.7. The molecule has 3 rings (SSSR count). The van der Waals surface area contributed by atoms with Gasteiger partial charge in [-0.05, 0) is 97.2 Å². The number of phenols is 1. The number of hydrogen-bond donors (Lipinski definition) is 15. The number of aromatic hydroxyl groups is 1. The van der Waals surface area contributed by atoms with Crippen molar-refractivity contribution < 1.29 is 103 Å². The van der Waals surface area contributed by atoms with Gasteiger partial charge in [0, 0.05) is 97.6 Å². The van der Waals surface area contributed by atoms with Gasteiger partial charge in [0.05, 0.1) is 29.7 Å². The zero-order valence-corrected chi connectivity index (χ0v) is 53.2. The topological polar surface area (TPSA) is 481 Å². The van der Waals surface area contributed by atoms with Crippen LogP contribution in [0.3, 0.4) is 0 Å². The molecule has 0 aromatic heterocycles. The lowest BCUT2D eigenvalue weighted by molar-refractivity contribution is -0.143. The molecule has 1 aliphatic heterocycles. The number of carboxylic acids is 7. The molecule has 7 amide bonds. The summed E-state index contributed by atoms with van der Waals surface area (Å²) >= 11 is 1.90. The number of carbonyl (C=O) groups is 13. The van der Waals surface area contributed by atoms with E-state index in [4.69, 9.17) is 5.11 Å². The highest BCUT2D eigenvalue weighted by Gasteiger charge is 2.32. The van der Waals surface area contributed by atoms with Crippen molar-refractivity contribution in [3.8, 4) is 5.75 Å². The number of phenolic OH excluding ortho intramolecular Hbond substituents is 1. The molecule has 1 fully saturated rings. The van der Waals surface area contributed by atoms with Gasteiger partial charge in [-0.1, -0.05) is 49.2 Å². The molecule has 1 aliphatic rings. The molecular formula is C59H86IN11O21. The van der Waals surface area contributed by atoms with E-state index < -0.39 is 122 Å². The smallest absolute Gasteiger partial charge is 0.326 e. The normalized spacial score (nSPS) is 15.2. The molecule has 0 bridgehead atoms. The van der Waals surface area contributed by atoms with E-state index in [0.717, 1.165) is 0 Å². The molecule has 15 N–H and O–H groups in total. The largest absolute Gasteiger partial charge is 0.507 e. The number of unbranched alkanes of at least 4 members (excludes halogenated alkanes) is 4. The van der Waals surface area contributed by atoms with Gasteiger partial charge in [0.25, 0.3) is 0 Å². The lowest BCUT2D eigenvalue weighted by Crippen LogP contribution is -2.57.